The number of H-pyrrole nitrogens is 1. The van der Waals surface area contributed by atoms with Crippen molar-refractivity contribution in [2.24, 2.45) is 0 Å². The minimum Gasteiger partial charge on any atom is -0.312 e. The zero-order valence-corrected chi connectivity index (χ0v) is 12.2. The zero-order chi connectivity index (χ0) is 13.9. The van der Waals surface area contributed by atoms with Crippen LogP contribution in [0.25, 0.3) is 11.4 Å². The van der Waals surface area contributed by atoms with Gasteiger partial charge >= 0.3 is 0 Å². The predicted molar refractivity (Wildman–Crippen MR) is 82.1 cm³/mol. The summed E-state index contributed by atoms with van der Waals surface area (Å²) in [5, 5.41) is 3.20. The van der Waals surface area contributed by atoms with Gasteiger partial charge < -0.3 is 10.3 Å². The topological polar surface area (TPSA) is 57.8 Å². The molecule has 2 heterocycles. The lowest BCUT2D eigenvalue weighted by molar-refractivity contribution is 0.621. The van der Waals surface area contributed by atoms with Gasteiger partial charge in [0.2, 0.25) is 0 Å². The van der Waals surface area contributed by atoms with E-state index in [1.807, 2.05) is 12.1 Å². The Morgan fingerprint density at radius 1 is 1.30 bits per heavy atom. The van der Waals surface area contributed by atoms with Gasteiger partial charge in [-0.25, -0.2) is 4.98 Å². The van der Waals surface area contributed by atoms with Crippen LogP contribution < -0.4 is 10.9 Å². The maximum Gasteiger partial charge on any atom is 0.255 e. The van der Waals surface area contributed by atoms with Crippen LogP contribution in [0.4, 0.5) is 0 Å². The molecule has 3 rings (SSSR count). The van der Waals surface area contributed by atoms with Crippen LogP contribution in [0.15, 0.2) is 34.0 Å². The van der Waals surface area contributed by atoms with Gasteiger partial charge in [-0.15, -0.1) is 11.8 Å². The minimum atomic E-state index is -0.0239. The summed E-state index contributed by atoms with van der Waals surface area (Å²) in [6, 6.07) is 8.18. The first kappa shape index (κ1) is 13.4. The molecule has 0 radical (unpaired) electrons. The van der Waals surface area contributed by atoms with Crippen molar-refractivity contribution in [1.82, 2.24) is 15.3 Å². The van der Waals surface area contributed by atoms with E-state index in [1.165, 1.54) is 4.90 Å². The Labute approximate surface area is 122 Å². The van der Waals surface area contributed by atoms with E-state index < -0.39 is 0 Å². The normalized spacial score (nSPS) is 14.1. The average Bonchev–Trinajstić information content (AvgIpc) is 2.48. The van der Waals surface area contributed by atoms with Crippen molar-refractivity contribution < 1.29 is 0 Å². The SMILES string of the molecule is CCSc1ccc(-c2nc3c(c(=O)[nH]2)CNCC3)cc1. The van der Waals surface area contributed by atoms with Crippen LogP contribution in [0.3, 0.4) is 0 Å². The van der Waals surface area contributed by atoms with E-state index in [0.29, 0.717) is 12.4 Å². The van der Waals surface area contributed by atoms with E-state index in [1.54, 1.807) is 11.8 Å². The van der Waals surface area contributed by atoms with Crippen molar-refractivity contribution in [2.75, 3.05) is 12.3 Å². The van der Waals surface area contributed by atoms with Crippen molar-refractivity contribution in [3.63, 3.8) is 0 Å². The number of aromatic nitrogens is 2. The highest BCUT2D eigenvalue weighted by molar-refractivity contribution is 7.99. The van der Waals surface area contributed by atoms with E-state index >= 15 is 0 Å². The molecule has 20 heavy (non-hydrogen) atoms. The summed E-state index contributed by atoms with van der Waals surface area (Å²) in [6.45, 7) is 3.63. The molecule has 1 aromatic heterocycles. The first-order chi connectivity index (χ1) is 9.78. The van der Waals surface area contributed by atoms with Crippen LogP contribution >= 0.6 is 11.8 Å². The van der Waals surface area contributed by atoms with Crippen molar-refractivity contribution in [1.29, 1.82) is 0 Å². The third kappa shape index (κ3) is 2.64. The lowest BCUT2D eigenvalue weighted by atomic mass is 10.1. The molecular formula is C15H17N3OS. The lowest BCUT2D eigenvalue weighted by Gasteiger charge is -2.15. The smallest absolute Gasteiger partial charge is 0.255 e. The molecule has 1 aliphatic heterocycles. The molecule has 2 aromatic rings. The summed E-state index contributed by atoms with van der Waals surface area (Å²) in [4.78, 5) is 20.8. The van der Waals surface area contributed by atoms with Gasteiger partial charge in [0, 0.05) is 30.0 Å². The summed E-state index contributed by atoms with van der Waals surface area (Å²) in [7, 11) is 0. The van der Waals surface area contributed by atoms with Gasteiger partial charge in [0.1, 0.15) is 5.82 Å². The third-order valence-corrected chi connectivity index (χ3v) is 4.27. The number of rotatable bonds is 3. The summed E-state index contributed by atoms with van der Waals surface area (Å²) >= 11 is 1.80. The Balaban J connectivity index is 1.97. The molecule has 0 saturated carbocycles. The second-order valence-corrected chi connectivity index (χ2v) is 6.06. The van der Waals surface area contributed by atoms with Gasteiger partial charge in [0.15, 0.2) is 0 Å². The Hall–Kier alpha value is -1.59. The highest BCUT2D eigenvalue weighted by atomic mass is 32.2. The number of aromatic amines is 1. The summed E-state index contributed by atoms with van der Waals surface area (Å²) in [5.41, 5.74) is 2.64. The molecule has 0 fully saturated rings. The Bertz CT molecular complexity index is 664. The first-order valence-electron chi connectivity index (χ1n) is 6.84. The molecule has 5 heteroatoms. The maximum atomic E-state index is 12.1. The first-order valence-corrected chi connectivity index (χ1v) is 7.82. The fourth-order valence-electron chi connectivity index (χ4n) is 2.37. The molecule has 0 unspecified atom stereocenters. The van der Waals surface area contributed by atoms with E-state index in [2.05, 4.69) is 34.3 Å². The minimum absolute atomic E-state index is 0.0239. The van der Waals surface area contributed by atoms with Gasteiger partial charge in [-0.1, -0.05) is 19.1 Å². The zero-order valence-electron chi connectivity index (χ0n) is 11.4. The maximum absolute atomic E-state index is 12.1. The number of fused-ring (bicyclic) bond motifs is 1. The second kappa shape index (κ2) is 5.81. The number of hydrogen-bond donors (Lipinski definition) is 2. The highest BCUT2D eigenvalue weighted by Gasteiger charge is 2.15. The van der Waals surface area contributed by atoms with E-state index in [4.69, 9.17) is 0 Å². The van der Waals surface area contributed by atoms with Gasteiger partial charge in [-0.2, -0.15) is 0 Å². The van der Waals surface area contributed by atoms with Crippen molar-refractivity contribution in [3.05, 3.63) is 45.9 Å². The number of hydrogen-bond acceptors (Lipinski definition) is 4. The number of nitrogens with zero attached hydrogens (tertiary/aromatic N) is 1. The molecule has 0 amide bonds. The van der Waals surface area contributed by atoms with E-state index in [-0.39, 0.29) is 5.56 Å². The van der Waals surface area contributed by atoms with E-state index in [0.717, 1.165) is 35.5 Å². The molecule has 4 nitrogen and oxygen atoms in total. The molecule has 104 valence electrons. The van der Waals surface area contributed by atoms with Crippen molar-refractivity contribution in [3.8, 4) is 11.4 Å². The molecule has 0 bridgehead atoms. The predicted octanol–water partition coefficient (Wildman–Crippen LogP) is 2.19. The second-order valence-electron chi connectivity index (χ2n) is 4.72. The van der Waals surface area contributed by atoms with Crippen molar-refractivity contribution in [2.45, 2.75) is 24.8 Å². The highest BCUT2D eigenvalue weighted by Crippen LogP contribution is 2.22. The molecule has 0 spiro atoms. The van der Waals surface area contributed by atoms with Gasteiger partial charge in [0.05, 0.1) is 11.3 Å². The Morgan fingerprint density at radius 3 is 2.85 bits per heavy atom. The average molecular weight is 287 g/mol. The third-order valence-electron chi connectivity index (χ3n) is 3.38. The monoisotopic (exact) mass is 287 g/mol. The van der Waals surface area contributed by atoms with Crippen LogP contribution in [0, 0.1) is 0 Å². The van der Waals surface area contributed by atoms with Gasteiger partial charge in [0.25, 0.3) is 5.56 Å². The van der Waals surface area contributed by atoms with Crippen LogP contribution in [-0.2, 0) is 13.0 Å². The van der Waals surface area contributed by atoms with Crippen LogP contribution in [0.1, 0.15) is 18.2 Å². The number of nitrogens with one attached hydrogen (secondary N) is 2. The fourth-order valence-corrected chi connectivity index (χ4v) is 3.03. The van der Waals surface area contributed by atoms with E-state index in [9.17, 15) is 4.79 Å². The summed E-state index contributed by atoms with van der Waals surface area (Å²) < 4.78 is 0. The largest absolute Gasteiger partial charge is 0.312 e. The number of thioether (sulfide) groups is 1. The number of benzene rings is 1. The molecule has 0 aliphatic carbocycles. The van der Waals surface area contributed by atoms with Crippen LogP contribution in [-0.4, -0.2) is 22.3 Å². The molecular weight excluding hydrogens is 270 g/mol. The van der Waals surface area contributed by atoms with Crippen molar-refractivity contribution >= 4 is 11.8 Å². The van der Waals surface area contributed by atoms with Gasteiger partial charge in [-0.3, -0.25) is 4.79 Å². The Kier molecular flexibility index (Phi) is 3.89. The molecule has 2 N–H and O–H groups in total. The van der Waals surface area contributed by atoms with Crippen LogP contribution in [0.5, 0.6) is 0 Å². The molecule has 1 aromatic carbocycles. The standard InChI is InChI=1S/C15H17N3OS/c1-2-20-11-5-3-10(4-6-11)14-17-13-7-8-16-9-12(13)15(19)18-14/h3-6,16H,2,7-9H2,1H3,(H,17,18,19). The lowest BCUT2D eigenvalue weighted by Crippen LogP contribution is -2.31. The van der Waals surface area contributed by atoms with Crippen LogP contribution in [0.2, 0.25) is 0 Å². The summed E-state index contributed by atoms with van der Waals surface area (Å²) in [6.07, 6.45) is 0.815. The van der Waals surface area contributed by atoms with Gasteiger partial charge in [-0.05, 0) is 17.9 Å². The molecule has 0 saturated heterocycles. The molecule has 0 atom stereocenters. The quantitative estimate of drug-likeness (QED) is 0.850. The Morgan fingerprint density at radius 2 is 2.10 bits per heavy atom. The fraction of sp³-hybridized carbons (Fsp3) is 0.333. The molecule has 1 aliphatic rings. The summed E-state index contributed by atoms with van der Waals surface area (Å²) in [5.74, 6) is 1.73.